The summed E-state index contributed by atoms with van der Waals surface area (Å²) in [6, 6.07) is 9.21. The van der Waals surface area contributed by atoms with E-state index in [1.165, 1.54) is 0 Å². The molecule has 3 aromatic rings. The van der Waals surface area contributed by atoms with Crippen molar-refractivity contribution >= 4 is 17.4 Å². The molecule has 1 aliphatic heterocycles. The van der Waals surface area contributed by atoms with E-state index in [4.69, 9.17) is 4.74 Å². The Bertz CT molecular complexity index is 1110. The molecule has 1 aromatic heterocycles. The number of carbonyl (C=O) groups is 1. The molecular formula is C22H23F2N5O3. The molecule has 0 unspecified atom stereocenters. The summed E-state index contributed by atoms with van der Waals surface area (Å²) in [6.07, 6.45) is 1.39. The third-order valence-corrected chi connectivity index (χ3v) is 5.12. The summed E-state index contributed by atoms with van der Waals surface area (Å²) < 4.78 is 34.5. The van der Waals surface area contributed by atoms with E-state index in [-0.39, 0.29) is 11.8 Å². The number of carbonyl (C=O) groups excluding carboxylic acids is 1. The first-order chi connectivity index (χ1) is 15.4. The Morgan fingerprint density at radius 2 is 2.00 bits per heavy atom. The lowest BCUT2D eigenvalue weighted by molar-refractivity contribution is -0.00384. The van der Waals surface area contributed by atoms with E-state index < -0.39 is 17.7 Å². The molecule has 0 aliphatic carbocycles. The van der Waals surface area contributed by atoms with Gasteiger partial charge in [-0.3, -0.25) is 9.58 Å². The Morgan fingerprint density at radius 3 is 2.69 bits per heavy atom. The van der Waals surface area contributed by atoms with Crippen molar-refractivity contribution in [3.8, 4) is 17.0 Å². The summed E-state index contributed by atoms with van der Waals surface area (Å²) in [6.45, 7) is 2.41. The van der Waals surface area contributed by atoms with Gasteiger partial charge < -0.3 is 20.5 Å². The smallest absolute Gasteiger partial charge is 0.323 e. The maximum Gasteiger partial charge on any atom is 0.323 e. The number of hydrogen-bond donors (Lipinski definition) is 3. The van der Waals surface area contributed by atoms with E-state index in [2.05, 4.69) is 20.6 Å². The average molecular weight is 443 g/mol. The lowest BCUT2D eigenvalue weighted by atomic mass is 10.1. The molecule has 0 radical (unpaired) electrons. The summed E-state index contributed by atoms with van der Waals surface area (Å²) in [7, 11) is 1.80. The monoisotopic (exact) mass is 443 g/mol. The van der Waals surface area contributed by atoms with Gasteiger partial charge in [0, 0.05) is 50.2 Å². The predicted octanol–water partition coefficient (Wildman–Crippen LogP) is 3.06. The molecule has 0 saturated carbocycles. The fraction of sp³-hybridized carbons (Fsp3) is 0.273. The van der Waals surface area contributed by atoms with Crippen molar-refractivity contribution in [1.29, 1.82) is 0 Å². The van der Waals surface area contributed by atoms with Crippen LogP contribution in [0.1, 0.15) is 0 Å². The van der Waals surface area contributed by atoms with Crippen LogP contribution in [-0.4, -0.2) is 58.2 Å². The Morgan fingerprint density at radius 1 is 1.19 bits per heavy atom. The number of aromatic nitrogens is 2. The molecule has 2 aromatic carbocycles. The number of aliphatic hydroxyl groups is 1. The van der Waals surface area contributed by atoms with Gasteiger partial charge in [-0.2, -0.15) is 5.10 Å². The number of β-amino-alcohol motifs (C(OH)–C–C–N with tert-alkyl or cyclic N) is 1. The summed E-state index contributed by atoms with van der Waals surface area (Å²) in [5.41, 5.74) is 1.83. The molecule has 0 bridgehead atoms. The highest BCUT2D eigenvalue weighted by molar-refractivity contribution is 6.00. The lowest BCUT2D eigenvalue weighted by Crippen LogP contribution is -2.51. The fourth-order valence-corrected chi connectivity index (χ4v) is 3.46. The quantitative estimate of drug-likeness (QED) is 0.522. The molecule has 4 rings (SSSR count). The van der Waals surface area contributed by atoms with Gasteiger partial charge in [0.2, 0.25) is 0 Å². The van der Waals surface area contributed by atoms with E-state index >= 15 is 0 Å². The second-order valence-electron chi connectivity index (χ2n) is 7.52. The van der Waals surface area contributed by atoms with E-state index in [0.29, 0.717) is 43.7 Å². The average Bonchev–Trinajstić information content (AvgIpc) is 3.15. The lowest BCUT2D eigenvalue weighted by Gasteiger charge is -2.35. The van der Waals surface area contributed by atoms with E-state index in [0.717, 1.165) is 23.4 Å². The highest BCUT2D eigenvalue weighted by Gasteiger charge is 2.23. The number of hydrogen-bond acceptors (Lipinski definition) is 5. The summed E-state index contributed by atoms with van der Waals surface area (Å²) >= 11 is 0. The molecule has 168 valence electrons. The molecule has 0 atom stereocenters. The van der Waals surface area contributed by atoms with Crippen LogP contribution in [0.4, 0.5) is 25.0 Å². The number of halogens is 2. The number of amides is 2. The number of aliphatic hydroxyl groups excluding tert-OH is 1. The summed E-state index contributed by atoms with van der Waals surface area (Å²) in [5.74, 6) is -0.977. The number of nitrogens with one attached hydrogen (secondary N) is 2. The predicted molar refractivity (Wildman–Crippen MR) is 116 cm³/mol. The first kappa shape index (κ1) is 21.7. The van der Waals surface area contributed by atoms with Crippen LogP contribution in [0.25, 0.3) is 11.3 Å². The van der Waals surface area contributed by atoms with Crippen molar-refractivity contribution in [3.63, 3.8) is 0 Å². The molecule has 8 nitrogen and oxygen atoms in total. The van der Waals surface area contributed by atoms with Crippen molar-refractivity contribution in [3.05, 3.63) is 60.3 Å². The van der Waals surface area contributed by atoms with Crippen LogP contribution in [0.5, 0.6) is 5.75 Å². The van der Waals surface area contributed by atoms with Gasteiger partial charge in [0.25, 0.3) is 0 Å². The van der Waals surface area contributed by atoms with Gasteiger partial charge in [0.15, 0.2) is 0 Å². The highest BCUT2D eigenvalue weighted by Crippen LogP contribution is 2.32. The first-order valence-corrected chi connectivity index (χ1v) is 10.1. The van der Waals surface area contributed by atoms with Crippen LogP contribution in [0.3, 0.4) is 0 Å². The number of rotatable bonds is 7. The topological polar surface area (TPSA) is 91.7 Å². The van der Waals surface area contributed by atoms with Gasteiger partial charge in [-0.25, -0.2) is 13.6 Å². The third kappa shape index (κ3) is 5.04. The van der Waals surface area contributed by atoms with Crippen LogP contribution < -0.4 is 15.4 Å². The normalized spacial score (nSPS) is 14.1. The molecule has 1 fully saturated rings. The zero-order valence-electron chi connectivity index (χ0n) is 17.4. The zero-order valence-corrected chi connectivity index (χ0v) is 17.4. The molecule has 10 heteroatoms. The largest absolute Gasteiger partial charge is 0.492 e. The maximum atomic E-state index is 13.8. The van der Waals surface area contributed by atoms with Crippen molar-refractivity contribution < 1.29 is 23.4 Å². The summed E-state index contributed by atoms with van der Waals surface area (Å²) in [5, 5.41) is 18.6. The minimum absolute atomic E-state index is 0.133. The number of aryl methyl sites for hydroxylation is 1. The van der Waals surface area contributed by atoms with Gasteiger partial charge in [0.1, 0.15) is 24.0 Å². The molecular weight excluding hydrogens is 420 g/mol. The minimum Gasteiger partial charge on any atom is -0.492 e. The Labute approximate surface area is 183 Å². The molecule has 32 heavy (non-hydrogen) atoms. The second kappa shape index (κ2) is 9.33. The van der Waals surface area contributed by atoms with Crippen molar-refractivity contribution in [2.24, 2.45) is 7.05 Å². The van der Waals surface area contributed by atoms with E-state index in [1.807, 2.05) is 6.07 Å². The van der Waals surface area contributed by atoms with Crippen LogP contribution in [0.2, 0.25) is 0 Å². The number of nitrogens with zero attached hydrogens (tertiary/aromatic N) is 3. The molecule has 2 heterocycles. The number of benzene rings is 2. The van der Waals surface area contributed by atoms with Crippen molar-refractivity contribution in [2.45, 2.75) is 6.10 Å². The van der Waals surface area contributed by atoms with Crippen LogP contribution in [0.15, 0.2) is 48.7 Å². The minimum atomic E-state index is -0.866. The maximum absolute atomic E-state index is 13.8. The SMILES string of the molecule is Cn1nccc1-c1cc(NC(=O)Nc2ccc(F)cc2F)ccc1OCCN1CC(O)C1. The fourth-order valence-electron chi connectivity index (χ4n) is 3.46. The van der Waals surface area contributed by atoms with Crippen molar-refractivity contribution in [1.82, 2.24) is 14.7 Å². The third-order valence-electron chi connectivity index (χ3n) is 5.12. The molecule has 1 saturated heterocycles. The molecule has 0 spiro atoms. The van der Waals surface area contributed by atoms with Crippen LogP contribution >= 0.6 is 0 Å². The standard InChI is InChI=1S/C22H23F2N5O3/c1-28-20(6-7-25-28)17-11-15(3-5-21(17)32-9-8-29-12-16(30)13-29)26-22(31)27-19-4-2-14(23)10-18(19)24/h2-7,10-11,16,30H,8-9,12-13H2,1H3,(H2,26,27,31). The van der Waals surface area contributed by atoms with Gasteiger partial charge in [0.05, 0.1) is 17.5 Å². The zero-order chi connectivity index (χ0) is 22.7. The number of urea groups is 1. The van der Waals surface area contributed by atoms with Gasteiger partial charge in [-0.15, -0.1) is 0 Å². The number of likely N-dealkylation sites (tertiary alicyclic amines) is 1. The molecule has 1 aliphatic rings. The van der Waals surface area contributed by atoms with E-state index in [1.54, 1.807) is 36.1 Å². The Kier molecular flexibility index (Phi) is 6.33. The Balaban J connectivity index is 1.47. The van der Waals surface area contributed by atoms with Gasteiger partial charge >= 0.3 is 6.03 Å². The van der Waals surface area contributed by atoms with E-state index in [9.17, 15) is 18.7 Å². The van der Waals surface area contributed by atoms with Crippen molar-refractivity contribution in [2.75, 3.05) is 36.9 Å². The number of ether oxygens (including phenoxy) is 1. The second-order valence-corrected chi connectivity index (χ2v) is 7.52. The summed E-state index contributed by atoms with van der Waals surface area (Å²) in [4.78, 5) is 14.4. The van der Waals surface area contributed by atoms with Crippen LogP contribution in [0, 0.1) is 11.6 Å². The van der Waals surface area contributed by atoms with Crippen LogP contribution in [-0.2, 0) is 7.05 Å². The number of anilines is 2. The Hall–Kier alpha value is -3.50. The molecule has 2 amide bonds. The highest BCUT2D eigenvalue weighted by atomic mass is 19.1. The van der Waals surface area contributed by atoms with Gasteiger partial charge in [-0.05, 0) is 36.4 Å². The van der Waals surface area contributed by atoms with Gasteiger partial charge in [-0.1, -0.05) is 0 Å². The first-order valence-electron chi connectivity index (χ1n) is 10.1. The molecule has 3 N–H and O–H groups in total.